The van der Waals surface area contributed by atoms with Gasteiger partial charge in [0.2, 0.25) is 0 Å². The number of hydrogen-bond acceptors (Lipinski definition) is 8. The molecule has 9 nitrogen and oxygen atoms in total. The Hall–Kier alpha value is -4.13. The Bertz CT molecular complexity index is 1310. The summed E-state index contributed by atoms with van der Waals surface area (Å²) in [5, 5.41) is 8.69. The first-order valence-electron chi connectivity index (χ1n) is 11.1. The smallest absolute Gasteiger partial charge is 0.168 e. The molecule has 0 radical (unpaired) electrons. The molecule has 0 bridgehead atoms. The fourth-order valence-corrected chi connectivity index (χ4v) is 3.45. The quantitative estimate of drug-likeness (QED) is 0.247. The van der Waals surface area contributed by atoms with Crippen LogP contribution in [0.25, 0.3) is 16.7 Å². The average molecular weight is 474 g/mol. The molecular weight excluding hydrogens is 446 g/mol. The number of methoxy groups -OCH3 is 2. The van der Waals surface area contributed by atoms with E-state index in [9.17, 15) is 0 Å². The van der Waals surface area contributed by atoms with Crippen LogP contribution in [0.15, 0.2) is 55.0 Å². The summed E-state index contributed by atoms with van der Waals surface area (Å²) in [6.07, 6.45) is 8.80. The van der Waals surface area contributed by atoms with Gasteiger partial charge >= 0.3 is 0 Å². The fourth-order valence-electron chi connectivity index (χ4n) is 3.45. The second-order valence-corrected chi connectivity index (χ2v) is 7.53. The third-order valence-electron chi connectivity index (χ3n) is 5.18. The van der Waals surface area contributed by atoms with Crippen LogP contribution in [0.1, 0.15) is 11.1 Å². The molecule has 0 spiro atoms. The Labute approximate surface area is 204 Å². The lowest BCUT2D eigenvalue weighted by atomic mass is 10.2. The minimum Gasteiger partial charge on any atom is -0.487 e. The van der Waals surface area contributed by atoms with E-state index < -0.39 is 0 Å². The summed E-state index contributed by atoms with van der Waals surface area (Å²) < 4.78 is 23.6. The van der Waals surface area contributed by atoms with Crippen molar-refractivity contribution in [3.63, 3.8) is 0 Å². The largest absolute Gasteiger partial charge is 0.487 e. The Balaban J connectivity index is 1.53. The maximum Gasteiger partial charge on any atom is 0.168 e. The van der Waals surface area contributed by atoms with Crippen LogP contribution in [0.3, 0.4) is 0 Å². The molecule has 0 aliphatic heterocycles. The second kappa shape index (κ2) is 11.8. The maximum absolute atomic E-state index is 5.87. The van der Waals surface area contributed by atoms with E-state index in [1.54, 1.807) is 25.1 Å². The SMILES string of the molecule is C#Cc1cccc(-n2ncc3c(NCc4ccc(OCCOC)c(OCCOC)c4)ncnc32)c1. The minimum absolute atomic E-state index is 0.417. The predicted molar refractivity (Wildman–Crippen MR) is 133 cm³/mol. The van der Waals surface area contributed by atoms with E-state index in [0.29, 0.717) is 55.9 Å². The Kier molecular flexibility index (Phi) is 8.12. The highest BCUT2D eigenvalue weighted by Crippen LogP contribution is 2.29. The van der Waals surface area contributed by atoms with Gasteiger partial charge in [-0.1, -0.05) is 18.1 Å². The molecule has 180 valence electrons. The van der Waals surface area contributed by atoms with Gasteiger partial charge in [-0.05, 0) is 35.9 Å². The molecule has 0 fully saturated rings. The van der Waals surface area contributed by atoms with Gasteiger partial charge in [0, 0.05) is 26.3 Å². The van der Waals surface area contributed by atoms with Gasteiger partial charge in [0.05, 0.1) is 30.5 Å². The van der Waals surface area contributed by atoms with Gasteiger partial charge in [0.15, 0.2) is 17.1 Å². The lowest BCUT2D eigenvalue weighted by molar-refractivity contribution is 0.132. The molecule has 4 rings (SSSR count). The molecule has 0 saturated heterocycles. The summed E-state index contributed by atoms with van der Waals surface area (Å²) in [5.41, 5.74) is 3.29. The van der Waals surface area contributed by atoms with Crippen molar-refractivity contribution in [3.8, 4) is 29.5 Å². The Morgan fingerprint density at radius 3 is 2.51 bits per heavy atom. The summed E-state index contributed by atoms with van der Waals surface area (Å²) >= 11 is 0. The summed E-state index contributed by atoms with van der Waals surface area (Å²) in [5.74, 6) is 4.62. The van der Waals surface area contributed by atoms with Crippen LogP contribution < -0.4 is 14.8 Å². The standard InChI is InChI=1S/C26H27N5O4/c1-4-19-6-5-7-21(14-19)31-26-22(17-30-31)25(28-18-29-26)27-16-20-8-9-23(34-12-10-32-2)24(15-20)35-13-11-33-3/h1,5-9,14-15,17-18H,10-13,16H2,2-3H3,(H,27,28,29). The first-order chi connectivity index (χ1) is 17.2. The Morgan fingerprint density at radius 2 is 1.74 bits per heavy atom. The average Bonchev–Trinajstić information content (AvgIpc) is 3.33. The van der Waals surface area contributed by atoms with Crippen LogP contribution in [0.2, 0.25) is 0 Å². The van der Waals surface area contributed by atoms with E-state index in [0.717, 1.165) is 22.2 Å². The van der Waals surface area contributed by atoms with Crippen LogP contribution >= 0.6 is 0 Å². The molecule has 9 heteroatoms. The predicted octanol–water partition coefficient (Wildman–Crippen LogP) is 3.46. The second-order valence-electron chi connectivity index (χ2n) is 7.53. The number of nitrogens with zero attached hydrogens (tertiary/aromatic N) is 4. The molecule has 0 atom stereocenters. The van der Waals surface area contributed by atoms with Gasteiger partial charge in [0.25, 0.3) is 0 Å². The van der Waals surface area contributed by atoms with Crippen molar-refractivity contribution in [2.75, 3.05) is 46.0 Å². The minimum atomic E-state index is 0.417. The number of rotatable bonds is 12. The third-order valence-corrected chi connectivity index (χ3v) is 5.18. The van der Waals surface area contributed by atoms with Crippen molar-refractivity contribution < 1.29 is 18.9 Å². The number of ether oxygens (including phenoxy) is 4. The fraction of sp³-hybridized carbons (Fsp3) is 0.269. The molecule has 35 heavy (non-hydrogen) atoms. The zero-order valence-corrected chi connectivity index (χ0v) is 19.7. The summed E-state index contributed by atoms with van der Waals surface area (Å²) in [7, 11) is 3.27. The van der Waals surface area contributed by atoms with E-state index in [1.165, 1.54) is 6.33 Å². The molecule has 1 N–H and O–H groups in total. The number of benzene rings is 2. The monoisotopic (exact) mass is 473 g/mol. The lowest BCUT2D eigenvalue weighted by Gasteiger charge is -2.14. The highest BCUT2D eigenvalue weighted by molar-refractivity contribution is 5.87. The molecule has 2 heterocycles. The van der Waals surface area contributed by atoms with E-state index in [1.807, 2.05) is 42.5 Å². The van der Waals surface area contributed by atoms with E-state index in [4.69, 9.17) is 25.4 Å². The number of anilines is 1. The van der Waals surface area contributed by atoms with Gasteiger partial charge in [0.1, 0.15) is 25.4 Å². The van der Waals surface area contributed by atoms with Gasteiger partial charge in [-0.25, -0.2) is 14.6 Å². The Morgan fingerprint density at radius 1 is 0.943 bits per heavy atom. The lowest BCUT2D eigenvalue weighted by Crippen LogP contribution is -2.09. The molecular formula is C26H27N5O4. The van der Waals surface area contributed by atoms with Crippen molar-refractivity contribution in [3.05, 3.63) is 66.1 Å². The number of hydrogen-bond donors (Lipinski definition) is 1. The van der Waals surface area contributed by atoms with Crippen LogP contribution in [0.4, 0.5) is 5.82 Å². The van der Waals surface area contributed by atoms with Crippen molar-refractivity contribution >= 4 is 16.9 Å². The van der Waals surface area contributed by atoms with Gasteiger partial charge in [-0.3, -0.25) is 0 Å². The molecule has 0 aliphatic rings. The summed E-state index contributed by atoms with van der Waals surface area (Å²) in [6, 6.07) is 13.4. The van der Waals surface area contributed by atoms with Gasteiger partial charge in [-0.15, -0.1) is 6.42 Å². The van der Waals surface area contributed by atoms with Crippen LogP contribution in [-0.4, -0.2) is 60.4 Å². The van der Waals surface area contributed by atoms with E-state index in [-0.39, 0.29) is 0 Å². The van der Waals surface area contributed by atoms with Crippen LogP contribution in [-0.2, 0) is 16.0 Å². The highest BCUT2D eigenvalue weighted by Gasteiger charge is 2.12. The van der Waals surface area contributed by atoms with Gasteiger partial charge < -0.3 is 24.3 Å². The molecule has 2 aromatic heterocycles. The number of terminal acetylenes is 1. The number of fused-ring (bicyclic) bond motifs is 1. The molecule has 0 aliphatic carbocycles. The van der Waals surface area contributed by atoms with Crippen molar-refractivity contribution in [1.29, 1.82) is 0 Å². The summed E-state index contributed by atoms with van der Waals surface area (Å²) in [6.45, 7) is 2.34. The zero-order chi connectivity index (χ0) is 24.5. The zero-order valence-electron chi connectivity index (χ0n) is 19.7. The summed E-state index contributed by atoms with van der Waals surface area (Å²) in [4.78, 5) is 8.85. The van der Waals surface area contributed by atoms with Crippen molar-refractivity contribution in [2.45, 2.75) is 6.54 Å². The molecule has 0 saturated carbocycles. The van der Waals surface area contributed by atoms with E-state index in [2.05, 4.69) is 26.3 Å². The van der Waals surface area contributed by atoms with E-state index >= 15 is 0 Å². The van der Waals surface area contributed by atoms with Crippen LogP contribution in [0, 0.1) is 12.3 Å². The first-order valence-corrected chi connectivity index (χ1v) is 11.1. The van der Waals surface area contributed by atoms with Crippen molar-refractivity contribution in [1.82, 2.24) is 19.7 Å². The normalized spacial score (nSPS) is 10.8. The molecule has 0 amide bonds. The third kappa shape index (κ3) is 5.87. The maximum atomic E-state index is 5.87. The van der Waals surface area contributed by atoms with Crippen LogP contribution in [0.5, 0.6) is 11.5 Å². The topological polar surface area (TPSA) is 92.6 Å². The van der Waals surface area contributed by atoms with Gasteiger partial charge in [-0.2, -0.15) is 5.10 Å². The molecule has 0 unspecified atom stereocenters. The first kappa shape index (κ1) is 24.0. The van der Waals surface area contributed by atoms with Crippen molar-refractivity contribution in [2.24, 2.45) is 0 Å². The highest BCUT2D eigenvalue weighted by atomic mass is 16.5. The molecule has 4 aromatic rings. The molecule has 2 aromatic carbocycles. The number of aromatic nitrogens is 4. The number of nitrogens with one attached hydrogen (secondary N) is 1.